The van der Waals surface area contributed by atoms with Crippen LogP contribution in [0.1, 0.15) is 11.1 Å². The Labute approximate surface area is 89.1 Å². The van der Waals surface area contributed by atoms with Crippen LogP contribution >= 0.6 is 0 Å². The van der Waals surface area contributed by atoms with E-state index in [0.29, 0.717) is 0 Å². The fourth-order valence-electron chi connectivity index (χ4n) is 1.47. The number of benzene rings is 1. The molecule has 76 valence electrons. The van der Waals surface area contributed by atoms with E-state index in [9.17, 15) is 0 Å². The summed E-state index contributed by atoms with van der Waals surface area (Å²) in [6.07, 6.45) is 5.23. The minimum atomic E-state index is 0.786. The van der Waals surface area contributed by atoms with Crippen molar-refractivity contribution in [3.63, 3.8) is 0 Å². The van der Waals surface area contributed by atoms with Crippen LogP contribution in [0, 0.1) is 6.92 Å². The monoisotopic (exact) mass is 200 g/mol. The number of rotatable bonds is 2. The summed E-state index contributed by atoms with van der Waals surface area (Å²) in [5, 5.41) is 0. The molecule has 2 nitrogen and oxygen atoms in total. The van der Waals surface area contributed by atoms with Crippen LogP contribution in [0.2, 0.25) is 0 Å². The molecule has 0 bridgehead atoms. The Hall–Kier alpha value is -1.92. The van der Waals surface area contributed by atoms with Crippen molar-refractivity contribution in [3.05, 3.63) is 53.5 Å². The lowest BCUT2D eigenvalue weighted by Gasteiger charge is -2.12. The van der Waals surface area contributed by atoms with Crippen molar-refractivity contribution >= 4 is 5.76 Å². The molecule has 0 fully saturated rings. The van der Waals surface area contributed by atoms with E-state index in [4.69, 9.17) is 9.47 Å². The maximum atomic E-state index is 5.38. The molecule has 0 amide bonds. The van der Waals surface area contributed by atoms with Crippen LogP contribution in [-0.4, -0.2) is 7.11 Å². The van der Waals surface area contributed by atoms with Crippen LogP contribution in [0.4, 0.5) is 0 Å². The summed E-state index contributed by atoms with van der Waals surface area (Å²) < 4.78 is 10.7. The lowest BCUT2D eigenvalue weighted by atomic mass is 10.1. The average molecular weight is 200 g/mol. The number of hydrogen-bond acceptors (Lipinski definition) is 2. The Morgan fingerprint density at radius 3 is 2.87 bits per heavy atom. The third-order valence-corrected chi connectivity index (χ3v) is 2.21. The van der Waals surface area contributed by atoms with Crippen molar-refractivity contribution in [3.8, 4) is 5.75 Å². The molecule has 2 heteroatoms. The zero-order chi connectivity index (χ0) is 10.7. The number of methoxy groups -OCH3 is 1. The zero-order valence-electron chi connectivity index (χ0n) is 8.78. The van der Waals surface area contributed by atoms with Gasteiger partial charge in [-0.3, -0.25) is 0 Å². The van der Waals surface area contributed by atoms with Crippen LogP contribution in [0.15, 0.2) is 42.3 Å². The average Bonchev–Trinajstić information content (AvgIpc) is 2.30. The van der Waals surface area contributed by atoms with Crippen molar-refractivity contribution in [1.29, 1.82) is 0 Å². The normalized spacial score (nSPS) is 13.3. The first kappa shape index (κ1) is 9.63. The van der Waals surface area contributed by atoms with Gasteiger partial charge in [-0.2, -0.15) is 0 Å². The van der Waals surface area contributed by atoms with Gasteiger partial charge in [-0.1, -0.05) is 17.4 Å². The van der Waals surface area contributed by atoms with E-state index in [2.05, 4.69) is 5.73 Å². The molecule has 1 heterocycles. The van der Waals surface area contributed by atoms with Crippen molar-refractivity contribution < 1.29 is 9.47 Å². The van der Waals surface area contributed by atoms with Crippen LogP contribution in [-0.2, 0) is 4.74 Å². The third-order valence-electron chi connectivity index (χ3n) is 2.21. The standard InChI is InChI=1S/C13H12O2/c1-10-6-7-12(14-2)11(9-10)13-5-3-4-8-15-13/h3,5-9H,1-2H3. The highest BCUT2D eigenvalue weighted by Crippen LogP contribution is 2.28. The Bertz CT molecular complexity index is 463. The molecule has 1 aliphatic rings. The van der Waals surface area contributed by atoms with Gasteiger partial charge in [-0.25, -0.2) is 0 Å². The van der Waals surface area contributed by atoms with Crippen molar-refractivity contribution in [2.75, 3.05) is 7.11 Å². The summed E-state index contributed by atoms with van der Waals surface area (Å²) >= 11 is 0. The highest BCUT2D eigenvalue weighted by atomic mass is 16.5. The molecule has 0 unspecified atom stereocenters. The number of aryl methyl sites for hydroxylation is 1. The maximum Gasteiger partial charge on any atom is 0.139 e. The second kappa shape index (κ2) is 4.07. The second-order valence-electron chi connectivity index (χ2n) is 3.30. The largest absolute Gasteiger partial charge is 0.496 e. The summed E-state index contributed by atoms with van der Waals surface area (Å²) in [6.45, 7) is 2.04. The molecule has 0 atom stereocenters. The molecular formula is C13H12O2. The van der Waals surface area contributed by atoms with E-state index < -0.39 is 0 Å². The van der Waals surface area contributed by atoms with Gasteiger partial charge in [0.05, 0.1) is 12.7 Å². The molecule has 0 saturated heterocycles. The molecule has 0 saturated carbocycles. The smallest absolute Gasteiger partial charge is 0.139 e. The first-order chi connectivity index (χ1) is 7.31. The summed E-state index contributed by atoms with van der Waals surface area (Å²) in [5.74, 6) is 1.60. The zero-order valence-corrected chi connectivity index (χ0v) is 8.78. The minimum Gasteiger partial charge on any atom is -0.496 e. The Morgan fingerprint density at radius 1 is 1.33 bits per heavy atom. The van der Waals surface area contributed by atoms with Crippen molar-refractivity contribution in [1.82, 2.24) is 0 Å². The topological polar surface area (TPSA) is 18.5 Å². The Balaban J connectivity index is 2.46. The van der Waals surface area contributed by atoms with E-state index in [1.165, 1.54) is 11.8 Å². The predicted octanol–water partition coefficient (Wildman–Crippen LogP) is 3.04. The first-order valence-electron chi connectivity index (χ1n) is 4.74. The molecule has 0 N–H and O–H groups in total. The minimum absolute atomic E-state index is 0.786. The van der Waals surface area contributed by atoms with Crippen molar-refractivity contribution in [2.45, 2.75) is 6.92 Å². The van der Waals surface area contributed by atoms with Crippen LogP contribution < -0.4 is 4.74 Å². The Kier molecular flexibility index (Phi) is 2.61. The number of hydrogen-bond donors (Lipinski definition) is 0. The molecule has 15 heavy (non-hydrogen) atoms. The van der Waals surface area contributed by atoms with E-state index in [-0.39, 0.29) is 0 Å². The summed E-state index contributed by atoms with van der Waals surface area (Å²) in [4.78, 5) is 0. The molecule has 0 radical (unpaired) electrons. The number of ether oxygens (including phenoxy) is 2. The van der Waals surface area contributed by atoms with Gasteiger partial charge in [0.25, 0.3) is 0 Å². The SMILES string of the molecule is COc1ccc(C)cc1C1=CC=C=CO1. The van der Waals surface area contributed by atoms with Gasteiger partial charge in [0.2, 0.25) is 0 Å². The molecule has 1 aromatic carbocycles. The number of allylic oxidation sites excluding steroid dienone is 2. The fraction of sp³-hybridized carbons (Fsp3) is 0.154. The first-order valence-corrected chi connectivity index (χ1v) is 4.74. The quantitative estimate of drug-likeness (QED) is 0.683. The van der Waals surface area contributed by atoms with Crippen LogP contribution in [0.25, 0.3) is 5.76 Å². The van der Waals surface area contributed by atoms with Gasteiger partial charge in [0, 0.05) is 0 Å². The van der Waals surface area contributed by atoms with Gasteiger partial charge in [0.1, 0.15) is 17.8 Å². The molecule has 1 aliphatic heterocycles. The molecule has 1 aromatic rings. The maximum absolute atomic E-state index is 5.38. The fourth-order valence-corrected chi connectivity index (χ4v) is 1.47. The molecule has 0 aromatic heterocycles. The van der Waals surface area contributed by atoms with Gasteiger partial charge in [-0.05, 0) is 31.2 Å². The highest BCUT2D eigenvalue weighted by Gasteiger charge is 2.09. The lowest BCUT2D eigenvalue weighted by Crippen LogP contribution is -1.94. The van der Waals surface area contributed by atoms with Gasteiger partial charge < -0.3 is 9.47 Å². The summed E-state index contributed by atoms with van der Waals surface area (Å²) in [6, 6.07) is 5.99. The van der Waals surface area contributed by atoms with E-state index in [1.807, 2.05) is 37.3 Å². The molecule has 0 aliphatic carbocycles. The van der Waals surface area contributed by atoms with Crippen LogP contribution in [0.5, 0.6) is 5.75 Å². The second-order valence-corrected chi connectivity index (χ2v) is 3.30. The van der Waals surface area contributed by atoms with Gasteiger partial charge >= 0.3 is 0 Å². The Morgan fingerprint density at radius 2 is 2.20 bits per heavy atom. The van der Waals surface area contributed by atoms with E-state index >= 15 is 0 Å². The van der Waals surface area contributed by atoms with E-state index in [0.717, 1.165) is 17.1 Å². The molecular weight excluding hydrogens is 188 g/mol. The van der Waals surface area contributed by atoms with Crippen LogP contribution in [0.3, 0.4) is 0 Å². The third kappa shape index (κ3) is 1.95. The van der Waals surface area contributed by atoms with E-state index in [1.54, 1.807) is 7.11 Å². The summed E-state index contributed by atoms with van der Waals surface area (Å²) in [7, 11) is 1.66. The lowest BCUT2D eigenvalue weighted by molar-refractivity contribution is 0.400. The highest BCUT2D eigenvalue weighted by molar-refractivity contribution is 5.68. The molecule has 0 spiro atoms. The van der Waals surface area contributed by atoms with Gasteiger partial charge in [-0.15, -0.1) is 0 Å². The predicted molar refractivity (Wildman–Crippen MR) is 59.4 cm³/mol. The van der Waals surface area contributed by atoms with Crippen molar-refractivity contribution in [2.24, 2.45) is 0 Å². The molecule has 2 rings (SSSR count). The summed E-state index contributed by atoms with van der Waals surface area (Å²) in [5.41, 5.74) is 4.99. The van der Waals surface area contributed by atoms with Gasteiger partial charge in [0.15, 0.2) is 0 Å².